The number of amides is 2. The van der Waals surface area contributed by atoms with Gasteiger partial charge in [-0.05, 0) is 11.4 Å². The molecule has 5 nitrogen and oxygen atoms in total. The summed E-state index contributed by atoms with van der Waals surface area (Å²) in [5.74, 6) is -0.708. The van der Waals surface area contributed by atoms with Crippen LogP contribution < -0.4 is 10.6 Å². The average Bonchev–Trinajstić information content (AvgIpc) is 2.85. The summed E-state index contributed by atoms with van der Waals surface area (Å²) in [5, 5.41) is 6.77. The van der Waals surface area contributed by atoms with Crippen LogP contribution in [0.3, 0.4) is 0 Å². The predicted octanol–water partition coefficient (Wildman–Crippen LogP) is 1.21. The highest BCUT2D eigenvalue weighted by molar-refractivity contribution is 7.12. The Hall–Kier alpha value is -1.69. The number of carbonyl (C=O) groups is 3. The van der Waals surface area contributed by atoms with Crippen LogP contribution in [-0.2, 0) is 9.59 Å². The first kappa shape index (κ1) is 15.4. The summed E-state index contributed by atoms with van der Waals surface area (Å²) in [4.78, 5) is 35.2. The van der Waals surface area contributed by atoms with E-state index in [2.05, 4.69) is 10.6 Å². The Morgan fingerprint density at radius 1 is 1.16 bits per heavy atom. The van der Waals surface area contributed by atoms with Crippen molar-refractivity contribution in [2.75, 3.05) is 13.1 Å². The Morgan fingerprint density at radius 3 is 2.37 bits per heavy atom. The van der Waals surface area contributed by atoms with E-state index in [1.807, 2.05) is 0 Å². The summed E-state index contributed by atoms with van der Waals surface area (Å²) in [7, 11) is 0. The molecule has 0 saturated heterocycles. The molecule has 19 heavy (non-hydrogen) atoms. The molecule has 0 aliphatic rings. The third-order valence-corrected chi connectivity index (χ3v) is 3.31. The van der Waals surface area contributed by atoms with Crippen LogP contribution in [0.15, 0.2) is 17.5 Å². The summed E-state index contributed by atoms with van der Waals surface area (Å²) in [6.45, 7) is 5.23. The maximum Gasteiger partial charge on any atom is 0.261 e. The molecule has 0 aliphatic heterocycles. The van der Waals surface area contributed by atoms with Crippen LogP contribution in [-0.4, -0.2) is 30.7 Å². The van der Waals surface area contributed by atoms with Crippen LogP contribution in [0.5, 0.6) is 0 Å². The molecule has 1 aromatic heterocycles. The van der Waals surface area contributed by atoms with Crippen molar-refractivity contribution in [2.45, 2.75) is 20.8 Å². The van der Waals surface area contributed by atoms with Crippen molar-refractivity contribution in [1.29, 1.82) is 0 Å². The van der Waals surface area contributed by atoms with Crippen LogP contribution in [0, 0.1) is 5.41 Å². The number of hydrogen-bond acceptors (Lipinski definition) is 4. The second kappa shape index (κ2) is 6.47. The molecule has 2 amide bonds. The van der Waals surface area contributed by atoms with Crippen LogP contribution in [0.4, 0.5) is 0 Å². The molecule has 0 bridgehead atoms. The monoisotopic (exact) mass is 282 g/mol. The van der Waals surface area contributed by atoms with Crippen molar-refractivity contribution < 1.29 is 14.4 Å². The molecule has 0 atom stereocenters. The van der Waals surface area contributed by atoms with Crippen molar-refractivity contribution in [3.8, 4) is 0 Å². The molecule has 1 rings (SSSR count). The summed E-state index contributed by atoms with van der Waals surface area (Å²) < 4.78 is 0. The van der Waals surface area contributed by atoms with E-state index in [4.69, 9.17) is 0 Å². The van der Waals surface area contributed by atoms with Gasteiger partial charge >= 0.3 is 0 Å². The zero-order valence-corrected chi connectivity index (χ0v) is 12.1. The van der Waals surface area contributed by atoms with Crippen molar-refractivity contribution >= 4 is 28.9 Å². The Bertz CT molecular complexity index is 461. The molecule has 1 aromatic rings. The van der Waals surface area contributed by atoms with Gasteiger partial charge in [0.2, 0.25) is 5.91 Å². The largest absolute Gasteiger partial charge is 0.347 e. The standard InChI is InChI=1S/C13H18N2O3S/c1-13(2,3)10(16)7-14-11(17)8-15-12(18)9-5-4-6-19-9/h4-6H,7-8H2,1-3H3,(H,14,17)(H,15,18). The van der Waals surface area contributed by atoms with Gasteiger partial charge < -0.3 is 10.6 Å². The number of carbonyl (C=O) groups excluding carboxylic acids is 3. The summed E-state index contributed by atoms with van der Waals surface area (Å²) in [6, 6.07) is 3.45. The van der Waals surface area contributed by atoms with E-state index in [1.54, 1.807) is 38.3 Å². The maximum absolute atomic E-state index is 11.6. The minimum atomic E-state index is -0.479. The van der Waals surface area contributed by atoms with E-state index in [1.165, 1.54) is 11.3 Å². The van der Waals surface area contributed by atoms with Crippen molar-refractivity contribution in [2.24, 2.45) is 5.41 Å². The topological polar surface area (TPSA) is 75.3 Å². The fourth-order valence-electron chi connectivity index (χ4n) is 1.16. The molecule has 2 N–H and O–H groups in total. The predicted molar refractivity (Wildman–Crippen MR) is 74.1 cm³/mol. The average molecular weight is 282 g/mol. The van der Waals surface area contributed by atoms with Crippen LogP contribution in [0.2, 0.25) is 0 Å². The van der Waals surface area contributed by atoms with E-state index in [0.29, 0.717) is 4.88 Å². The third-order valence-electron chi connectivity index (χ3n) is 2.44. The number of rotatable bonds is 5. The fraction of sp³-hybridized carbons (Fsp3) is 0.462. The maximum atomic E-state index is 11.6. The van der Waals surface area contributed by atoms with Crippen molar-refractivity contribution in [3.05, 3.63) is 22.4 Å². The van der Waals surface area contributed by atoms with Gasteiger partial charge in [-0.25, -0.2) is 0 Å². The highest BCUT2D eigenvalue weighted by Crippen LogP contribution is 2.13. The Kier molecular flexibility index (Phi) is 5.23. The first-order valence-electron chi connectivity index (χ1n) is 5.92. The highest BCUT2D eigenvalue weighted by atomic mass is 32.1. The second-order valence-electron chi connectivity index (χ2n) is 5.11. The van der Waals surface area contributed by atoms with Gasteiger partial charge in [-0.2, -0.15) is 0 Å². The van der Waals surface area contributed by atoms with Crippen molar-refractivity contribution in [3.63, 3.8) is 0 Å². The van der Waals surface area contributed by atoms with Gasteiger partial charge in [-0.3, -0.25) is 14.4 Å². The number of hydrogen-bond donors (Lipinski definition) is 2. The molecule has 1 heterocycles. The lowest BCUT2D eigenvalue weighted by atomic mass is 9.91. The van der Waals surface area contributed by atoms with Gasteiger partial charge in [-0.15, -0.1) is 11.3 Å². The zero-order valence-electron chi connectivity index (χ0n) is 11.3. The lowest BCUT2D eigenvalue weighted by Crippen LogP contribution is -2.41. The summed E-state index contributed by atoms with van der Waals surface area (Å²) in [5.41, 5.74) is -0.479. The first-order chi connectivity index (χ1) is 8.80. The molecule has 0 aliphatic carbocycles. The quantitative estimate of drug-likeness (QED) is 0.852. The number of thiophene rings is 1. The van der Waals surface area contributed by atoms with E-state index in [0.717, 1.165) is 0 Å². The van der Waals surface area contributed by atoms with E-state index >= 15 is 0 Å². The molecule has 6 heteroatoms. The van der Waals surface area contributed by atoms with Gasteiger partial charge in [0.1, 0.15) is 0 Å². The first-order valence-corrected chi connectivity index (χ1v) is 6.80. The lowest BCUT2D eigenvalue weighted by molar-refractivity contribution is -0.128. The number of Topliss-reactive ketones (excluding diaryl/α,β-unsaturated/α-hetero) is 1. The molecule has 104 valence electrons. The molecule has 0 saturated carbocycles. The zero-order chi connectivity index (χ0) is 14.5. The molecular weight excluding hydrogens is 264 g/mol. The second-order valence-corrected chi connectivity index (χ2v) is 6.06. The summed E-state index contributed by atoms with van der Waals surface area (Å²) >= 11 is 1.31. The minimum Gasteiger partial charge on any atom is -0.347 e. The van der Waals surface area contributed by atoms with Gasteiger partial charge in [-0.1, -0.05) is 26.8 Å². The third kappa shape index (κ3) is 5.21. The van der Waals surface area contributed by atoms with E-state index in [-0.39, 0.29) is 30.7 Å². The normalized spacial score (nSPS) is 10.9. The summed E-state index contributed by atoms with van der Waals surface area (Å²) in [6.07, 6.45) is 0. The number of ketones is 1. The smallest absolute Gasteiger partial charge is 0.261 e. The molecule has 0 fully saturated rings. The van der Waals surface area contributed by atoms with Gasteiger partial charge in [0, 0.05) is 5.41 Å². The van der Waals surface area contributed by atoms with Gasteiger partial charge in [0.25, 0.3) is 5.91 Å². The molecule has 0 aromatic carbocycles. The molecule has 0 radical (unpaired) electrons. The SMILES string of the molecule is CC(C)(C)C(=O)CNC(=O)CNC(=O)c1cccs1. The number of nitrogens with one attached hydrogen (secondary N) is 2. The van der Waals surface area contributed by atoms with Gasteiger partial charge in [0.15, 0.2) is 5.78 Å². The van der Waals surface area contributed by atoms with E-state index < -0.39 is 5.41 Å². The van der Waals surface area contributed by atoms with Gasteiger partial charge in [0.05, 0.1) is 18.0 Å². The van der Waals surface area contributed by atoms with E-state index in [9.17, 15) is 14.4 Å². The minimum absolute atomic E-state index is 0.0167. The molecule has 0 spiro atoms. The molecule has 0 unspecified atom stereocenters. The Labute approximate surface area is 116 Å². The lowest BCUT2D eigenvalue weighted by Gasteiger charge is -2.16. The van der Waals surface area contributed by atoms with Crippen molar-refractivity contribution in [1.82, 2.24) is 10.6 Å². The van der Waals surface area contributed by atoms with Crippen LogP contribution in [0.25, 0.3) is 0 Å². The Morgan fingerprint density at radius 2 is 1.84 bits per heavy atom. The van der Waals surface area contributed by atoms with Crippen LogP contribution in [0.1, 0.15) is 30.4 Å². The van der Waals surface area contributed by atoms with Crippen LogP contribution >= 0.6 is 11.3 Å². The highest BCUT2D eigenvalue weighted by Gasteiger charge is 2.21. The Balaban J connectivity index is 2.29. The fourth-order valence-corrected chi connectivity index (χ4v) is 1.80. The molecular formula is C13H18N2O3S.